The predicted molar refractivity (Wildman–Crippen MR) is 133 cm³/mol. The van der Waals surface area contributed by atoms with Crippen LogP contribution in [0.5, 0.6) is 0 Å². The number of para-hydroxylation sites is 1. The molecule has 1 aromatic carbocycles. The van der Waals surface area contributed by atoms with Gasteiger partial charge in [0.1, 0.15) is 6.54 Å². The molecule has 0 aliphatic carbocycles. The first-order chi connectivity index (χ1) is 17.1. The van der Waals surface area contributed by atoms with Crippen LogP contribution >= 0.6 is 0 Å². The summed E-state index contributed by atoms with van der Waals surface area (Å²) >= 11 is 0. The van der Waals surface area contributed by atoms with Crippen molar-refractivity contribution in [3.63, 3.8) is 0 Å². The molecule has 2 aliphatic rings. The molecule has 182 valence electrons. The molecule has 1 fully saturated rings. The first-order valence-corrected chi connectivity index (χ1v) is 12.3. The van der Waals surface area contributed by atoms with Crippen molar-refractivity contribution in [3.05, 3.63) is 78.4 Å². The van der Waals surface area contributed by atoms with Gasteiger partial charge in [-0.25, -0.2) is 0 Å². The highest BCUT2D eigenvalue weighted by Crippen LogP contribution is 2.32. The maximum Gasteiger partial charge on any atom is 0.244 e. The van der Waals surface area contributed by atoms with Gasteiger partial charge in [0, 0.05) is 75.7 Å². The summed E-state index contributed by atoms with van der Waals surface area (Å²) in [5.41, 5.74) is 3.11. The molecular weight excluding hydrogens is 440 g/mol. The normalized spacial score (nSPS) is 20.8. The molecule has 2 amide bonds. The standard InChI is InChI=1S/C27H32N6O2/c1-21(34)32-16-11-24-7-8-25(33(24)17-22-9-13-28-14-10-22)19-30(18-23-5-2-3-6-26(23)32)27(35)20-31-15-4-12-29-31/h2-6,9-10,12-15,24-25H,7-8,11,16-20H2,1H3. The number of hydrogen-bond donors (Lipinski definition) is 0. The van der Waals surface area contributed by atoms with Gasteiger partial charge >= 0.3 is 0 Å². The molecule has 0 spiro atoms. The Morgan fingerprint density at radius 1 is 0.971 bits per heavy atom. The van der Waals surface area contributed by atoms with Crippen LogP contribution in [0.1, 0.15) is 37.3 Å². The SMILES string of the molecule is CC(=O)N1CCC2CCC(CN(C(=O)Cn3cccn3)Cc3ccccc31)N2Cc1ccncc1. The zero-order valence-electron chi connectivity index (χ0n) is 20.2. The molecule has 2 atom stereocenters. The molecule has 35 heavy (non-hydrogen) atoms. The Bertz CT molecular complexity index is 1150. The molecule has 4 heterocycles. The number of hydrogen-bond acceptors (Lipinski definition) is 5. The van der Waals surface area contributed by atoms with Crippen molar-refractivity contribution in [3.8, 4) is 0 Å². The lowest BCUT2D eigenvalue weighted by atomic mass is 10.1. The smallest absolute Gasteiger partial charge is 0.244 e. The number of carbonyl (C=O) groups excluding carboxylic acids is 2. The van der Waals surface area contributed by atoms with Crippen molar-refractivity contribution < 1.29 is 9.59 Å². The predicted octanol–water partition coefficient (Wildman–Crippen LogP) is 3.10. The number of pyridine rings is 1. The summed E-state index contributed by atoms with van der Waals surface area (Å²) in [6.07, 6.45) is 10.2. The molecule has 0 radical (unpaired) electrons. The van der Waals surface area contributed by atoms with Gasteiger partial charge in [0.25, 0.3) is 0 Å². The summed E-state index contributed by atoms with van der Waals surface area (Å²) in [6, 6.07) is 14.5. The van der Waals surface area contributed by atoms with E-state index < -0.39 is 0 Å². The fraction of sp³-hybridized carbons (Fsp3) is 0.407. The molecule has 5 rings (SSSR count). The number of benzene rings is 1. The average molecular weight is 473 g/mol. The van der Waals surface area contributed by atoms with E-state index >= 15 is 0 Å². The molecule has 3 aromatic rings. The topological polar surface area (TPSA) is 74.6 Å². The minimum absolute atomic E-state index is 0.0290. The first kappa shape index (κ1) is 23.2. The van der Waals surface area contributed by atoms with Crippen LogP contribution in [-0.2, 0) is 29.2 Å². The van der Waals surface area contributed by atoms with Crippen LogP contribution < -0.4 is 4.90 Å². The molecule has 0 N–H and O–H groups in total. The van der Waals surface area contributed by atoms with Crippen LogP contribution in [0.25, 0.3) is 0 Å². The molecule has 1 saturated heterocycles. The monoisotopic (exact) mass is 472 g/mol. The fourth-order valence-electron chi connectivity index (χ4n) is 5.46. The van der Waals surface area contributed by atoms with Gasteiger partial charge in [-0.05, 0) is 54.7 Å². The van der Waals surface area contributed by atoms with Gasteiger partial charge in [-0.15, -0.1) is 0 Å². The van der Waals surface area contributed by atoms with E-state index in [9.17, 15) is 9.59 Å². The van der Waals surface area contributed by atoms with E-state index in [1.807, 2.05) is 58.7 Å². The van der Waals surface area contributed by atoms with Crippen LogP contribution in [0.15, 0.2) is 67.3 Å². The van der Waals surface area contributed by atoms with Crippen molar-refractivity contribution in [2.45, 2.75) is 57.9 Å². The van der Waals surface area contributed by atoms with Gasteiger partial charge in [-0.1, -0.05) is 18.2 Å². The molecule has 8 nitrogen and oxygen atoms in total. The van der Waals surface area contributed by atoms with Gasteiger partial charge < -0.3 is 9.80 Å². The lowest BCUT2D eigenvalue weighted by molar-refractivity contribution is -0.133. The minimum atomic E-state index is 0.0290. The van der Waals surface area contributed by atoms with Crippen molar-refractivity contribution in [2.24, 2.45) is 0 Å². The zero-order chi connectivity index (χ0) is 24.2. The summed E-state index contributed by atoms with van der Waals surface area (Å²) in [6.45, 7) is 4.42. The number of nitrogens with zero attached hydrogens (tertiary/aromatic N) is 6. The fourth-order valence-corrected chi connectivity index (χ4v) is 5.46. The molecule has 8 heteroatoms. The lowest BCUT2D eigenvalue weighted by Gasteiger charge is -2.34. The molecule has 2 bridgehead atoms. The second-order valence-electron chi connectivity index (χ2n) is 9.48. The third-order valence-electron chi connectivity index (χ3n) is 7.24. The van der Waals surface area contributed by atoms with E-state index in [-0.39, 0.29) is 24.4 Å². The third-order valence-corrected chi connectivity index (χ3v) is 7.24. The van der Waals surface area contributed by atoms with Crippen molar-refractivity contribution in [1.82, 2.24) is 24.6 Å². The number of amides is 2. The maximum atomic E-state index is 13.5. The van der Waals surface area contributed by atoms with Crippen LogP contribution in [0.2, 0.25) is 0 Å². The van der Waals surface area contributed by atoms with E-state index in [2.05, 4.69) is 27.1 Å². The van der Waals surface area contributed by atoms with Gasteiger partial charge in [-0.2, -0.15) is 5.10 Å². The summed E-state index contributed by atoms with van der Waals surface area (Å²) in [5, 5.41) is 4.24. The Morgan fingerprint density at radius 2 is 1.77 bits per heavy atom. The number of carbonyl (C=O) groups is 2. The highest BCUT2D eigenvalue weighted by molar-refractivity contribution is 5.92. The minimum Gasteiger partial charge on any atom is -0.335 e. The molecular formula is C27H32N6O2. The Hall–Kier alpha value is -3.52. The van der Waals surface area contributed by atoms with E-state index in [0.29, 0.717) is 25.7 Å². The maximum absolute atomic E-state index is 13.5. The third kappa shape index (κ3) is 5.27. The van der Waals surface area contributed by atoms with Gasteiger partial charge in [-0.3, -0.25) is 24.2 Å². The second-order valence-corrected chi connectivity index (χ2v) is 9.48. The molecule has 2 aliphatic heterocycles. The highest BCUT2D eigenvalue weighted by Gasteiger charge is 2.36. The van der Waals surface area contributed by atoms with Gasteiger partial charge in [0.15, 0.2) is 0 Å². The largest absolute Gasteiger partial charge is 0.335 e. The van der Waals surface area contributed by atoms with Crippen LogP contribution in [0, 0.1) is 0 Å². The van der Waals surface area contributed by atoms with E-state index in [0.717, 1.165) is 37.1 Å². The Morgan fingerprint density at radius 3 is 2.54 bits per heavy atom. The molecule has 2 unspecified atom stereocenters. The number of fused-ring (bicyclic) bond motifs is 3. The number of aromatic nitrogens is 3. The molecule has 2 aromatic heterocycles. The Kier molecular flexibility index (Phi) is 6.90. The van der Waals surface area contributed by atoms with Gasteiger partial charge in [0.2, 0.25) is 11.8 Å². The van der Waals surface area contributed by atoms with E-state index in [1.54, 1.807) is 17.8 Å². The zero-order valence-corrected chi connectivity index (χ0v) is 20.2. The van der Waals surface area contributed by atoms with Crippen LogP contribution in [0.3, 0.4) is 0 Å². The second kappa shape index (κ2) is 10.4. The van der Waals surface area contributed by atoms with E-state index in [1.165, 1.54) is 5.56 Å². The van der Waals surface area contributed by atoms with Gasteiger partial charge in [0.05, 0.1) is 0 Å². The number of anilines is 1. The Labute approximate surface area is 206 Å². The van der Waals surface area contributed by atoms with Crippen molar-refractivity contribution >= 4 is 17.5 Å². The van der Waals surface area contributed by atoms with Crippen molar-refractivity contribution in [2.75, 3.05) is 18.0 Å². The molecule has 0 saturated carbocycles. The Balaban J connectivity index is 1.49. The first-order valence-electron chi connectivity index (χ1n) is 12.3. The summed E-state index contributed by atoms with van der Waals surface area (Å²) in [7, 11) is 0. The highest BCUT2D eigenvalue weighted by atomic mass is 16.2. The lowest BCUT2D eigenvalue weighted by Crippen LogP contribution is -2.45. The summed E-state index contributed by atoms with van der Waals surface area (Å²) in [4.78, 5) is 36.8. The summed E-state index contributed by atoms with van der Waals surface area (Å²) in [5.74, 6) is 0.0609. The summed E-state index contributed by atoms with van der Waals surface area (Å²) < 4.78 is 1.67. The average Bonchev–Trinajstić information content (AvgIpc) is 3.49. The number of rotatable bonds is 4. The quantitative estimate of drug-likeness (QED) is 0.583. The van der Waals surface area contributed by atoms with E-state index in [4.69, 9.17) is 0 Å². The van der Waals surface area contributed by atoms with Crippen LogP contribution in [0.4, 0.5) is 5.69 Å². The van der Waals surface area contributed by atoms with Crippen molar-refractivity contribution in [1.29, 1.82) is 0 Å². The van der Waals surface area contributed by atoms with Crippen LogP contribution in [-0.4, -0.2) is 61.6 Å².